The first-order valence-electron chi connectivity index (χ1n) is 8.25. The first kappa shape index (κ1) is 18.2. The minimum absolute atomic E-state index is 0.142. The highest BCUT2D eigenvalue weighted by Crippen LogP contribution is 2.31. The number of anilines is 2. The van der Waals surface area contributed by atoms with Crippen LogP contribution < -0.4 is 14.8 Å². The van der Waals surface area contributed by atoms with Gasteiger partial charge in [-0.15, -0.1) is 0 Å². The quantitative estimate of drug-likeness (QED) is 0.774. The van der Waals surface area contributed by atoms with E-state index in [2.05, 4.69) is 10.0 Å². The molecule has 1 saturated carbocycles. The molecule has 2 aromatic rings. The third kappa shape index (κ3) is 4.13. The molecule has 0 spiro atoms. The molecule has 8 heteroatoms. The molecule has 1 aliphatic rings. The van der Waals surface area contributed by atoms with Gasteiger partial charge in [-0.05, 0) is 44.0 Å². The van der Waals surface area contributed by atoms with Crippen molar-refractivity contribution in [2.24, 2.45) is 0 Å². The lowest BCUT2D eigenvalue weighted by molar-refractivity contribution is 0.102. The molecule has 2 aromatic carbocycles. The van der Waals surface area contributed by atoms with E-state index in [4.69, 9.17) is 4.74 Å². The van der Waals surface area contributed by atoms with Crippen LogP contribution in [0.2, 0.25) is 0 Å². The maximum atomic E-state index is 13.5. The van der Waals surface area contributed by atoms with Gasteiger partial charge in [0.25, 0.3) is 5.91 Å². The van der Waals surface area contributed by atoms with Crippen molar-refractivity contribution in [1.82, 2.24) is 0 Å². The van der Waals surface area contributed by atoms with E-state index in [9.17, 15) is 17.6 Å². The van der Waals surface area contributed by atoms with Gasteiger partial charge in [0.1, 0.15) is 11.6 Å². The number of hydrogen-bond acceptors (Lipinski definition) is 4. The number of para-hydroxylation sites is 1. The second-order valence-electron chi connectivity index (χ2n) is 5.92. The summed E-state index contributed by atoms with van der Waals surface area (Å²) in [5.41, 5.74) is 0.506. The van der Waals surface area contributed by atoms with Gasteiger partial charge in [-0.1, -0.05) is 12.1 Å². The summed E-state index contributed by atoms with van der Waals surface area (Å²) < 4.78 is 45.7. The highest BCUT2D eigenvalue weighted by atomic mass is 32.2. The molecule has 0 heterocycles. The van der Waals surface area contributed by atoms with Crippen molar-refractivity contribution < 1.29 is 22.3 Å². The molecule has 1 amide bonds. The SMILES string of the molecule is CCOc1ccc(F)cc1NC(=O)c1ccccc1NS(=O)(=O)C1CC1. The third-order valence-electron chi connectivity index (χ3n) is 3.88. The van der Waals surface area contributed by atoms with E-state index in [-0.39, 0.29) is 16.9 Å². The molecule has 6 nitrogen and oxygen atoms in total. The van der Waals surface area contributed by atoms with Crippen LogP contribution in [0.25, 0.3) is 0 Å². The lowest BCUT2D eigenvalue weighted by atomic mass is 10.1. The number of ether oxygens (including phenoxy) is 1. The molecule has 0 bridgehead atoms. The Morgan fingerprint density at radius 1 is 1.19 bits per heavy atom. The summed E-state index contributed by atoms with van der Waals surface area (Å²) >= 11 is 0. The lowest BCUT2D eigenvalue weighted by Gasteiger charge is -2.14. The second kappa shape index (κ2) is 7.33. The van der Waals surface area contributed by atoms with Crippen LogP contribution in [0.1, 0.15) is 30.1 Å². The lowest BCUT2D eigenvalue weighted by Crippen LogP contribution is -2.21. The number of hydrogen-bond donors (Lipinski definition) is 2. The number of nitrogens with one attached hydrogen (secondary N) is 2. The van der Waals surface area contributed by atoms with Crippen LogP contribution in [0.3, 0.4) is 0 Å². The Hall–Kier alpha value is -2.61. The fourth-order valence-electron chi connectivity index (χ4n) is 2.46. The summed E-state index contributed by atoms with van der Waals surface area (Å²) in [6.45, 7) is 2.13. The van der Waals surface area contributed by atoms with Crippen LogP contribution in [-0.2, 0) is 10.0 Å². The molecule has 26 heavy (non-hydrogen) atoms. The van der Waals surface area contributed by atoms with Crippen molar-refractivity contribution in [2.45, 2.75) is 25.0 Å². The van der Waals surface area contributed by atoms with Crippen LogP contribution in [-0.4, -0.2) is 26.2 Å². The predicted molar refractivity (Wildman–Crippen MR) is 97.5 cm³/mol. The fourth-order valence-corrected chi connectivity index (χ4v) is 3.86. The van der Waals surface area contributed by atoms with Gasteiger partial charge in [0.2, 0.25) is 10.0 Å². The molecule has 2 N–H and O–H groups in total. The number of carbonyl (C=O) groups is 1. The van der Waals surface area contributed by atoms with Crippen molar-refractivity contribution in [1.29, 1.82) is 0 Å². The summed E-state index contributed by atoms with van der Waals surface area (Å²) in [6, 6.07) is 10.1. The number of halogens is 1. The van der Waals surface area contributed by atoms with E-state index in [1.54, 1.807) is 19.1 Å². The van der Waals surface area contributed by atoms with Gasteiger partial charge >= 0.3 is 0 Å². The minimum Gasteiger partial charge on any atom is -0.492 e. The molecule has 3 rings (SSSR count). The van der Waals surface area contributed by atoms with Crippen molar-refractivity contribution >= 4 is 27.3 Å². The Labute approximate surface area is 151 Å². The zero-order valence-electron chi connectivity index (χ0n) is 14.2. The van der Waals surface area contributed by atoms with E-state index in [1.807, 2.05) is 0 Å². The van der Waals surface area contributed by atoms with E-state index in [1.165, 1.54) is 24.3 Å². The first-order chi connectivity index (χ1) is 12.4. The van der Waals surface area contributed by atoms with Crippen LogP contribution in [0.5, 0.6) is 5.75 Å². The first-order valence-corrected chi connectivity index (χ1v) is 9.79. The Kier molecular flexibility index (Phi) is 5.13. The smallest absolute Gasteiger partial charge is 0.257 e. The normalized spacial score (nSPS) is 13.9. The van der Waals surface area contributed by atoms with Crippen molar-refractivity contribution in [2.75, 3.05) is 16.6 Å². The van der Waals surface area contributed by atoms with Crippen molar-refractivity contribution in [3.63, 3.8) is 0 Å². The van der Waals surface area contributed by atoms with Crippen LogP contribution >= 0.6 is 0 Å². The fraction of sp³-hybridized carbons (Fsp3) is 0.278. The van der Waals surface area contributed by atoms with Crippen molar-refractivity contribution in [3.8, 4) is 5.75 Å². The summed E-state index contributed by atoms with van der Waals surface area (Å²) in [5, 5.41) is 2.17. The average Bonchev–Trinajstić information content (AvgIpc) is 3.43. The number of rotatable bonds is 7. The molecular formula is C18H19FN2O4S. The second-order valence-corrected chi connectivity index (χ2v) is 7.88. The van der Waals surface area contributed by atoms with Crippen LogP contribution in [0.4, 0.5) is 15.8 Å². The molecule has 0 saturated heterocycles. The Balaban J connectivity index is 1.86. The molecule has 1 aliphatic carbocycles. The summed E-state index contributed by atoms with van der Waals surface area (Å²) in [4.78, 5) is 12.7. The summed E-state index contributed by atoms with van der Waals surface area (Å²) in [5.74, 6) is -0.754. The number of benzene rings is 2. The molecule has 0 radical (unpaired) electrons. The largest absolute Gasteiger partial charge is 0.492 e. The standard InChI is InChI=1S/C18H19FN2O4S/c1-2-25-17-10-7-12(19)11-16(17)20-18(22)14-5-3-4-6-15(14)21-26(23,24)13-8-9-13/h3-7,10-11,13,21H,2,8-9H2,1H3,(H,20,22). The average molecular weight is 378 g/mol. The van der Waals surface area contributed by atoms with Crippen LogP contribution in [0.15, 0.2) is 42.5 Å². The Bertz CT molecular complexity index is 927. The topological polar surface area (TPSA) is 84.5 Å². The molecule has 1 fully saturated rings. The molecule has 0 unspecified atom stereocenters. The van der Waals surface area contributed by atoms with Gasteiger partial charge in [0, 0.05) is 6.07 Å². The van der Waals surface area contributed by atoms with E-state index in [0.717, 1.165) is 6.07 Å². The monoisotopic (exact) mass is 378 g/mol. The summed E-state index contributed by atoms with van der Waals surface area (Å²) in [7, 11) is -3.51. The van der Waals surface area contributed by atoms with Gasteiger partial charge in [0.15, 0.2) is 0 Å². The summed E-state index contributed by atoms with van der Waals surface area (Å²) in [6.07, 6.45) is 1.23. The zero-order chi connectivity index (χ0) is 18.7. The zero-order valence-corrected chi connectivity index (χ0v) is 15.0. The molecule has 138 valence electrons. The minimum atomic E-state index is -3.51. The Morgan fingerprint density at radius 3 is 2.62 bits per heavy atom. The van der Waals surface area contributed by atoms with Gasteiger partial charge < -0.3 is 10.1 Å². The van der Waals surface area contributed by atoms with Gasteiger partial charge in [-0.25, -0.2) is 12.8 Å². The Morgan fingerprint density at radius 2 is 1.92 bits per heavy atom. The highest BCUT2D eigenvalue weighted by Gasteiger charge is 2.36. The van der Waals surface area contributed by atoms with Gasteiger partial charge in [-0.3, -0.25) is 9.52 Å². The third-order valence-corrected chi connectivity index (χ3v) is 5.73. The van der Waals surface area contributed by atoms with Crippen LogP contribution in [0, 0.1) is 5.82 Å². The van der Waals surface area contributed by atoms with Crippen molar-refractivity contribution in [3.05, 3.63) is 53.8 Å². The van der Waals surface area contributed by atoms with Gasteiger partial charge in [0.05, 0.1) is 28.8 Å². The molecule has 0 aliphatic heterocycles. The molecule has 0 aromatic heterocycles. The van der Waals surface area contributed by atoms with Gasteiger partial charge in [-0.2, -0.15) is 0 Å². The molecule has 0 atom stereocenters. The van der Waals surface area contributed by atoms with E-state index >= 15 is 0 Å². The highest BCUT2D eigenvalue weighted by molar-refractivity contribution is 7.93. The predicted octanol–water partition coefficient (Wildman–Crippen LogP) is 3.38. The number of amides is 1. The maximum absolute atomic E-state index is 13.5. The maximum Gasteiger partial charge on any atom is 0.257 e. The number of sulfonamides is 1. The number of carbonyl (C=O) groups excluding carboxylic acids is 1. The van der Waals surface area contributed by atoms with E-state index in [0.29, 0.717) is 25.2 Å². The molecular weight excluding hydrogens is 359 g/mol. The van der Waals surface area contributed by atoms with E-state index < -0.39 is 27.0 Å².